The Balaban J connectivity index is 2.49. The van der Waals surface area contributed by atoms with Gasteiger partial charge in [0.25, 0.3) is 0 Å². The zero-order chi connectivity index (χ0) is 24.3. The van der Waals surface area contributed by atoms with E-state index in [1.165, 1.54) is 19.2 Å². The van der Waals surface area contributed by atoms with E-state index in [9.17, 15) is 14.9 Å². The van der Waals surface area contributed by atoms with E-state index < -0.39 is 35.1 Å². The van der Waals surface area contributed by atoms with E-state index >= 15 is 4.39 Å². The van der Waals surface area contributed by atoms with Gasteiger partial charge in [0.05, 0.1) is 49.5 Å². The van der Waals surface area contributed by atoms with E-state index in [-0.39, 0.29) is 27.7 Å². The lowest BCUT2D eigenvalue weighted by atomic mass is 9.81. The maximum Gasteiger partial charge on any atom is 0.355 e. The monoisotopic (exact) mass is 471 g/mol. The number of carbonyl (C=O) groups excluding carboxylic acids is 2. The van der Waals surface area contributed by atoms with E-state index in [1.807, 2.05) is 6.07 Å². The molecule has 0 fully saturated rings. The largest absolute Gasteiger partial charge is 0.494 e. The fourth-order valence-corrected chi connectivity index (χ4v) is 3.86. The van der Waals surface area contributed by atoms with Crippen LogP contribution in [0.5, 0.6) is 5.75 Å². The van der Waals surface area contributed by atoms with Gasteiger partial charge in [-0.05, 0) is 17.7 Å². The Kier molecular flexibility index (Phi) is 6.89. The predicted molar refractivity (Wildman–Crippen MR) is 118 cm³/mol. The number of methoxy groups -OCH3 is 3. The van der Waals surface area contributed by atoms with Crippen LogP contribution in [0, 0.1) is 17.1 Å². The van der Waals surface area contributed by atoms with Crippen molar-refractivity contribution < 1.29 is 28.2 Å². The highest BCUT2D eigenvalue weighted by Gasteiger charge is 2.44. The van der Waals surface area contributed by atoms with Crippen molar-refractivity contribution in [2.24, 2.45) is 5.73 Å². The number of allylic oxidation sites excluding steroid dienone is 1. The van der Waals surface area contributed by atoms with Crippen molar-refractivity contribution >= 4 is 29.2 Å². The van der Waals surface area contributed by atoms with Crippen molar-refractivity contribution in [3.63, 3.8) is 0 Å². The number of benzene rings is 2. The van der Waals surface area contributed by atoms with Crippen LogP contribution < -0.4 is 15.4 Å². The van der Waals surface area contributed by atoms with Crippen LogP contribution in [0.3, 0.4) is 0 Å². The van der Waals surface area contributed by atoms with Gasteiger partial charge in [0.1, 0.15) is 17.2 Å². The standard InChI is InChI=1S/C23H19ClFN3O5/c1-31-15-10-9-14(24)19(18(15)25)28-20(23(30)33-3)17(22(29)32-2)16(13(11-26)21(28)27)12-7-5-4-6-8-12/h4-10,16H,27H2,1-3H3. The van der Waals surface area contributed by atoms with Gasteiger partial charge in [-0.15, -0.1) is 0 Å². The molecule has 2 aromatic rings. The summed E-state index contributed by atoms with van der Waals surface area (Å²) in [5.41, 5.74) is 5.60. The molecule has 33 heavy (non-hydrogen) atoms. The summed E-state index contributed by atoms with van der Waals surface area (Å²) in [6, 6.07) is 13.0. The third-order valence-electron chi connectivity index (χ3n) is 5.09. The van der Waals surface area contributed by atoms with E-state index in [0.29, 0.717) is 5.56 Å². The molecule has 0 spiro atoms. The number of anilines is 1. The third kappa shape index (κ3) is 3.97. The first-order valence-electron chi connectivity index (χ1n) is 9.49. The van der Waals surface area contributed by atoms with Crippen molar-refractivity contribution in [1.29, 1.82) is 5.26 Å². The highest BCUT2D eigenvalue weighted by molar-refractivity contribution is 6.33. The lowest BCUT2D eigenvalue weighted by Crippen LogP contribution is -2.41. The van der Waals surface area contributed by atoms with E-state index in [2.05, 4.69) is 0 Å². The number of hydrogen-bond acceptors (Lipinski definition) is 8. The summed E-state index contributed by atoms with van der Waals surface area (Å²) in [6.45, 7) is 0. The molecule has 0 aromatic heterocycles. The average Bonchev–Trinajstić information content (AvgIpc) is 2.83. The summed E-state index contributed by atoms with van der Waals surface area (Å²) in [4.78, 5) is 26.9. The number of esters is 2. The first-order chi connectivity index (χ1) is 15.8. The molecule has 0 saturated carbocycles. The number of halogens is 2. The summed E-state index contributed by atoms with van der Waals surface area (Å²) in [5, 5.41) is 9.84. The fraction of sp³-hybridized carbons (Fsp3) is 0.174. The molecular formula is C23H19ClFN3O5. The molecule has 1 aliphatic heterocycles. The number of carbonyl (C=O) groups is 2. The number of ether oxygens (including phenoxy) is 3. The van der Waals surface area contributed by atoms with Crippen LogP contribution in [0.4, 0.5) is 10.1 Å². The van der Waals surface area contributed by atoms with Gasteiger partial charge < -0.3 is 19.9 Å². The van der Waals surface area contributed by atoms with Crippen molar-refractivity contribution in [3.8, 4) is 11.8 Å². The first-order valence-corrected chi connectivity index (χ1v) is 9.87. The summed E-state index contributed by atoms with van der Waals surface area (Å²) < 4.78 is 30.2. The molecule has 1 unspecified atom stereocenters. The zero-order valence-electron chi connectivity index (χ0n) is 17.9. The second-order valence-electron chi connectivity index (χ2n) is 6.75. The van der Waals surface area contributed by atoms with Crippen LogP contribution in [0.15, 0.2) is 65.1 Å². The Morgan fingerprint density at radius 3 is 2.27 bits per heavy atom. The molecule has 10 heteroatoms. The minimum Gasteiger partial charge on any atom is -0.494 e. The van der Waals surface area contributed by atoms with Crippen LogP contribution in [-0.2, 0) is 19.1 Å². The molecule has 8 nitrogen and oxygen atoms in total. The van der Waals surface area contributed by atoms with Crippen LogP contribution in [0.25, 0.3) is 0 Å². The number of hydrogen-bond donors (Lipinski definition) is 1. The highest BCUT2D eigenvalue weighted by atomic mass is 35.5. The van der Waals surface area contributed by atoms with Gasteiger partial charge in [0.2, 0.25) is 0 Å². The molecule has 170 valence electrons. The number of nitrogens with zero attached hydrogens (tertiary/aromatic N) is 2. The Morgan fingerprint density at radius 1 is 1.09 bits per heavy atom. The molecule has 1 atom stereocenters. The Bertz CT molecular complexity index is 1220. The summed E-state index contributed by atoms with van der Waals surface area (Å²) in [5.74, 6) is -4.51. The summed E-state index contributed by atoms with van der Waals surface area (Å²) in [6.07, 6.45) is 0. The smallest absolute Gasteiger partial charge is 0.355 e. The minimum absolute atomic E-state index is 0.118. The predicted octanol–water partition coefficient (Wildman–Crippen LogP) is 3.39. The summed E-state index contributed by atoms with van der Waals surface area (Å²) in [7, 11) is 3.45. The first kappa shape index (κ1) is 23.6. The quantitative estimate of drug-likeness (QED) is 0.660. The molecule has 0 aliphatic carbocycles. The second-order valence-corrected chi connectivity index (χ2v) is 7.15. The molecule has 0 radical (unpaired) electrons. The Labute approximate surface area is 194 Å². The number of nitriles is 1. The zero-order valence-corrected chi connectivity index (χ0v) is 18.6. The Hall–Kier alpha value is -4.03. The van der Waals surface area contributed by atoms with E-state index in [1.54, 1.807) is 30.3 Å². The summed E-state index contributed by atoms with van der Waals surface area (Å²) >= 11 is 6.29. The van der Waals surface area contributed by atoms with Gasteiger partial charge in [0.15, 0.2) is 11.6 Å². The Morgan fingerprint density at radius 2 is 1.73 bits per heavy atom. The third-order valence-corrected chi connectivity index (χ3v) is 5.39. The van der Waals surface area contributed by atoms with Gasteiger partial charge in [-0.1, -0.05) is 41.9 Å². The second kappa shape index (κ2) is 9.63. The molecule has 0 bridgehead atoms. The van der Waals surface area contributed by atoms with E-state index in [4.69, 9.17) is 31.5 Å². The SMILES string of the molecule is COC(=O)C1=C(C(=O)OC)N(c2c(Cl)ccc(OC)c2F)C(N)=C(C#N)C1c1ccccc1. The van der Waals surface area contributed by atoms with Crippen molar-refractivity contribution in [3.05, 3.63) is 81.5 Å². The van der Waals surface area contributed by atoms with Crippen molar-refractivity contribution in [1.82, 2.24) is 0 Å². The molecule has 2 aromatic carbocycles. The van der Waals surface area contributed by atoms with Crippen LogP contribution >= 0.6 is 11.6 Å². The van der Waals surface area contributed by atoms with Gasteiger partial charge >= 0.3 is 11.9 Å². The van der Waals surface area contributed by atoms with E-state index in [0.717, 1.165) is 19.1 Å². The van der Waals surface area contributed by atoms with Crippen LogP contribution in [0.1, 0.15) is 11.5 Å². The van der Waals surface area contributed by atoms with Crippen molar-refractivity contribution in [2.75, 3.05) is 26.2 Å². The van der Waals surface area contributed by atoms with Crippen molar-refractivity contribution in [2.45, 2.75) is 5.92 Å². The van der Waals surface area contributed by atoms with Gasteiger partial charge in [0, 0.05) is 0 Å². The van der Waals surface area contributed by atoms with Crippen LogP contribution in [0.2, 0.25) is 5.02 Å². The van der Waals surface area contributed by atoms with Gasteiger partial charge in [-0.25, -0.2) is 14.0 Å². The average molecular weight is 472 g/mol. The minimum atomic E-state index is -1.08. The van der Waals surface area contributed by atoms with Gasteiger partial charge in [-0.2, -0.15) is 5.26 Å². The van der Waals surface area contributed by atoms with Gasteiger partial charge in [-0.3, -0.25) is 4.90 Å². The molecule has 1 aliphatic rings. The lowest BCUT2D eigenvalue weighted by Gasteiger charge is -2.36. The molecular weight excluding hydrogens is 453 g/mol. The molecule has 0 saturated heterocycles. The molecule has 0 amide bonds. The topological polar surface area (TPSA) is 115 Å². The molecule has 3 rings (SSSR count). The normalized spacial score (nSPS) is 15.8. The lowest BCUT2D eigenvalue weighted by molar-refractivity contribution is -0.139. The molecule has 2 N–H and O–H groups in total. The number of rotatable bonds is 5. The maximum absolute atomic E-state index is 15.4. The fourth-order valence-electron chi connectivity index (χ4n) is 3.63. The van der Waals surface area contributed by atoms with Crippen LogP contribution in [-0.4, -0.2) is 33.3 Å². The maximum atomic E-state index is 15.4. The highest BCUT2D eigenvalue weighted by Crippen LogP contribution is 2.46. The number of nitrogens with two attached hydrogens (primary N) is 1. The molecule has 1 heterocycles.